The van der Waals surface area contributed by atoms with Crippen molar-refractivity contribution in [3.63, 3.8) is 0 Å². The van der Waals surface area contributed by atoms with Crippen LogP contribution < -0.4 is 5.56 Å². The maximum Gasteiger partial charge on any atom is 0.406 e. The summed E-state index contributed by atoms with van der Waals surface area (Å²) in [4.78, 5) is 15.9. The van der Waals surface area contributed by atoms with Crippen LogP contribution in [0.3, 0.4) is 0 Å². The van der Waals surface area contributed by atoms with Gasteiger partial charge in [-0.15, -0.1) is 0 Å². The van der Waals surface area contributed by atoms with E-state index in [0.717, 1.165) is 4.57 Å². The third kappa shape index (κ3) is 2.38. The van der Waals surface area contributed by atoms with E-state index < -0.39 is 12.7 Å². The van der Waals surface area contributed by atoms with Gasteiger partial charge in [-0.3, -0.25) is 9.36 Å². The Balaban J connectivity index is 2.67. The second kappa shape index (κ2) is 4.56. The van der Waals surface area contributed by atoms with E-state index in [0.29, 0.717) is 10.1 Å². The maximum atomic E-state index is 12.4. The highest BCUT2D eigenvalue weighted by atomic mass is 127. The van der Waals surface area contributed by atoms with Gasteiger partial charge in [0, 0.05) is 16.3 Å². The summed E-state index contributed by atoms with van der Waals surface area (Å²) in [5.74, 6) is 0. The summed E-state index contributed by atoms with van der Waals surface area (Å²) in [6.07, 6.45) is -1.77. The molecule has 2 aromatic rings. The van der Waals surface area contributed by atoms with Crippen LogP contribution in [-0.4, -0.2) is 20.3 Å². The lowest BCUT2D eigenvalue weighted by Gasteiger charge is -2.08. The second-order valence-corrected chi connectivity index (χ2v) is 4.92. The third-order valence-electron chi connectivity index (χ3n) is 2.49. The fraction of sp³-hybridized carbons (Fsp3) is 0.400. The van der Waals surface area contributed by atoms with Crippen LogP contribution in [0, 0.1) is 3.57 Å². The van der Waals surface area contributed by atoms with E-state index in [1.807, 2.05) is 22.6 Å². The van der Waals surface area contributed by atoms with Crippen molar-refractivity contribution >= 4 is 33.6 Å². The van der Waals surface area contributed by atoms with Gasteiger partial charge < -0.3 is 4.57 Å². The molecule has 0 aliphatic carbocycles. The zero-order valence-corrected chi connectivity index (χ0v) is 11.5. The number of fused-ring (bicyclic) bond motifs is 1. The minimum absolute atomic E-state index is 0.0754. The van der Waals surface area contributed by atoms with Gasteiger partial charge in [-0.1, -0.05) is 0 Å². The molecule has 18 heavy (non-hydrogen) atoms. The fourth-order valence-corrected chi connectivity index (χ4v) is 2.52. The molecular formula is C10H9F3IN3O. The number of hydrogen-bond donors (Lipinski definition) is 0. The minimum Gasteiger partial charge on any atom is -0.322 e. The summed E-state index contributed by atoms with van der Waals surface area (Å²) >= 11 is 1.85. The predicted molar refractivity (Wildman–Crippen MR) is 68.4 cm³/mol. The van der Waals surface area contributed by atoms with Crippen molar-refractivity contribution in [2.45, 2.75) is 26.2 Å². The van der Waals surface area contributed by atoms with Gasteiger partial charge in [0.2, 0.25) is 0 Å². The number of rotatable bonds is 2. The van der Waals surface area contributed by atoms with E-state index in [1.165, 1.54) is 17.1 Å². The predicted octanol–water partition coefficient (Wildman–Crippen LogP) is 2.38. The first-order valence-electron chi connectivity index (χ1n) is 5.14. The molecule has 0 bridgehead atoms. The molecule has 0 saturated carbocycles. The van der Waals surface area contributed by atoms with Crippen LogP contribution in [-0.2, 0) is 13.1 Å². The maximum absolute atomic E-state index is 12.4. The quantitative estimate of drug-likeness (QED) is 0.761. The van der Waals surface area contributed by atoms with Gasteiger partial charge in [-0.05, 0) is 29.5 Å². The van der Waals surface area contributed by atoms with E-state index in [1.54, 1.807) is 6.92 Å². The molecule has 0 fully saturated rings. The molecule has 2 rings (SSSR count). The molecule has 0 N–H and O–H groups in total. The van der Waals surface area contributed by atoms with Crippen LogP contribution >= 0.6 is 22.6 Å². The molecule has 0 radical (unpaired) electrons. The fourth-order valence-electron chi connectivity index (χ4n) is 1.71. The van der Waals surface area contributed by atoms with Crippen molar-refractivity contribution in [3.8, 4) is 0 Å². The highest BCUT2D eigenvalue weighted by Crippen LogP contribution is 2.23. The zero-order valence-electron chi connectivity index (χ0n) is 9.33. The number of hydrogen-bond acceptors (Lipinski definition) is 2. The average molecular weight is 371 g/mol. The van der Waals surface area contributed by atoms with E-state index in [9.17, 15) is 18.0 Å². The summed E-state index contributed by atoms with van der Waals surface area (Å²) in [7, 11) is 0. The molecule has 0 aromatic carbocycles. The summed E-state index contributed by atoms with van der Waals surface area (Å²) in [5, 5.41) is 0.240. The molecule has 0 spiro atoms. The molecule has 98 valence electrons. The number of nitrogens with zero attached hydrogens (tertiary/aromatic N) is 3. The molecule has 0 aliphatic heterocycles. The van der Waals surface area contributed by atoms with Crippen LogP contribution in [0.4, 0.5) is 13.2 Å². The van der Waals surface area contributed by atoms with Crippen molar-refractivity contribution in [1.82, 2.24) is 14.1 Å². The summed E-state index contributed by atoms with van der Waals surface area (Å²) in [6, 6.07) is 0. The zero-order chi connectivity index (χ0) is 13.5. The molecule has 0 atom stereocenters. The van der Waals surface area contributed by atoms with E-state index >= 15 is 0 Å². The van der Waals surface area contributed by atoms with Crippen LogP contribution in [0.2, 0.25) is 0 Å². The highest BCUT2D eigenvalue weighted by molar-refractivity contribution is 14.1. The minimum atomic E-state index is -4.34. The van der Waals surface area contributed by atoms with Gasteiger partial charge in [-0.2, -0.15) is 13.2 Å². The first kappa shape index (κ1) is 13.4. The largest absolute Gasteiger partial charge is 0.406 e. The summed E-state index contributed by atoms with van der Waals surface area (Å²) in [6.45, 7) is 1.06. The number of alkyl halides is 3. The van der Waals surface area contributed by atoms with E-state index in [4.69, 9.17) is 0 Å². The van der Waals surface area contributed by atoms with Crippen molar-refractivity contribution in [2.24, 2.45) is 0 Å². The Bertz CT molecular complexity index is 644. The highest BCUT2D eigenvalue weighted by Gasteiger charge is 2.29. The standard InChI is InChI=1S/C10H9F3IN3O/c1-2-16-5-15-8-7(9(16)18)6(14)3-17(8)4-10(11,12)13/h3,5H,2,4H2,1H3. The van der Waals surface area contributed by atoms with Crippen molar-refractivity contribution in [1.29, 1.82) is 0 Å². The Kier molecular flexibility index (Phi) is 3.39. The summed E-state index contributed by atoms with van der Waals surface area (Å²) < 4.78 is 40.0. The van der Waals surface area contributed by atoms with Gasteiger partial charge in [0.1, 0.15) is 12.2 Å². The van der Waals surface area contributed by atoms with Gasteiger partial charge in [0.15, 0.2) is 0 Å². The molecule has 0 saturated heterocycles. The molecular weight excluding hydrogens is 362 g/mol. The normalized spacial score (nSPS) is 12.3. The average Bonchev–Trinajstić information content (AvgIpc) is 2.54. The Morgan fingerprint density at radius 2 is 2.06 bits per heavy atom. The lowest BCUT2D eigenvalue weighted by atomic mass is 10.4. The van der Waals surface area contributed by atoms with Crippen LogP contribution in [0.15, 0.2) is 17.3 Å². The van der Waals surface area contributed by atoms with Gasteiger partial charge >= 0.3 is 6.18 Å². The van der Waals surface area contributed by atoms with Crippen molar-refractivity contribution < 1.29 is 13.2 Å². The van der Waals surface area contributed by atoms with E-state index in [-0.39, 0.29) is 16.6 Å². The van der Waals surface area contributed by atoms with Crippen LogP contribution in [0.25, 0.3) is 11.0 Å². The molecule has 0 aliphatic rings. The number of aryl methyl sites for hydroxylation is 1. The first-order valence-corrected chi connectivity index (χ1v) is 6.22. The molecule has 8 heteroatoms. The second-order valence-electron chi connectivity index (χ2n) is 3.75. The van der Waals surface area contributed by atoms with Gasteiger partial charge in [-0.25, -0.2) is 4.98 Å². The topological polar surface area (TPSA) is 39.8 Å². The smallest absolute Gasteiger partial charge is 0.322 e. The number of halogens is 4. The van der Waals surface area contributed by atoms with Crippen LogP contribution in [0.5, 0.6) is 0 Å². The van der Waals surface area contributed by atoms with Crippen LogP contribution in [0.1, 0.15) is 6.92 Å². The van der Waals surface area contributed by atoms with Crippen molar-refractivity contribution in [2.75, 3.05) is 0 Å². The first-order chi connectivity index (χ1) is 8.33. The lowest BCUT2D eigenvalue weighted by molar-refractivity contribution is -0.139. The van der Waals surface area contributed by atoms with E-state index in [2.05, 4.69) is 4.98 Å². The van der Waals surface area contributed by atoms with Gasteiger partial charge in [0.05, 0.1) is 11.7 Å². The third-order valence-corrected chi connectivity index (χ3v) is 3.31. The monoisotopic (exact) mass is 371 g/mol. The Hall–Kier alpha value is -1.06. The SMILES string of the molecule is CCn1cnc2c(c(I)cn2CC(F)(F)F)c1=O. The number of aromatic nitrogens is 3. The molecule has 4 nitrogen and oxygen atoms in total. The molecule has 2 aromatic heterocycles. The van der Waals surface area contributed by atoms with Crippen molar-refractivity contribution in [3.05, 3.63) is 26.4 Å². The Morgan fingerprint density at radius 3 is 2.61 bits per heavy atom. The Labute approximate surface area is 114 Å². The molecule has 0 unspecified atom stereocenters. The molecule has 2 heterocycles. The Morgan fingerprint density at radius 1 is 1.39 bits per heavy atom. The summed E-state index contributed by atoms with van der Waals surface area (Å²) in [5.41, 5.74) is -0.237. The van der Waals surface area contributed by atoms with Gasteiger partial charge in [0.25, 0.3) is 5.56 Å². The lowest BCUT2D eigenvalue weighted by Crippen LogP contribution is -2.21. The molecule has 0 amide bonds.